The molecule has 44 heavy (non-hydrogen) atoms. The molecule has 2 aliphatic heterocycles. The maximum Gasteiger partial charge on any atom is 0.325 e. The average molecular weight is 620 g/mol. The zero-order chi connectivity index (χ0) is 31.2. The number of ether oxygens (including phenoxy) is 2. The van der Waals surface area contributed by atoms with E-state index >= 15 is 0 Å². The molecule has 2 fully saturated rings. The number of nitrogens with zero attached hydrogens (tertiary/aromatic N) is 3. The summed E-state index contributed by atoms with van der Waals surface area (Å²) in [7, 11) is 0. The molecule has 0 bridgehead atoms. The van der Waals surface area contributed by atoms with Gasteiger partial charge in [-0.15, -0.1) is 11.3 Å². The van der Waals surface area contributed by atoms with Crippen LogP contribution in [0.4, 0.5) is 9.93 Å². The summed E-state index contributed by atoms with van der Waals surface area (Å²) in [5, 5.41) is 7.17. The van der Waals surface area contributed by atoms with Gasteiger partial charge in [-0.2, -0.15) is 0 Å². The van der Waals surface area contributed by atoms with Gasteiger partial charge in [-0.3, -0.25) is 19.2 Å². The molecular weight excluding hydrogens is 586 g/mol. The van der Waals surface area contributed by atoms with Crippen molar-refractivity contribution in [1.29, 1.82) is 0 Å². The van der Waals surface area contributed by atoms with Crippen LogP contribution in [-0.4, -0.2) is 83.3 Å². The highest BCUT2D eigenvalue weighted by atomic mass is 32.1. The summed E-state index contributed by atoms with van der Waals surface area (Å²) >= 11 is 1.09. The third kappa shape index (κ3) is 6.79. The number of urea groups is 1. The fraction of sp³-hybridized carbons (Fsp3) is 0.355. The van der Waals surface area contributed by atoms with E-state index in [1.54, 1.807) is 48.4 Å². The highest BCUT2D eigenvalue weighted by molar-refractivity contribution is 7.14. The van der Waals surface area contributed by atoms with E-state index in [9.17, 15) is 24.0 Å². The first-order valence-corrected chi connectivity index (χ1v) is 15.2. The molecule has 2 aliphatic rings. The molecule has 3 atom stereocenters. The lowest BCUT2D eigenvalue weighted by atomic mass is 9.91. The Morgan fingerprint density at radius 3 is 2.48 bits per heavy atom. The van der Waals surface area contributed by atoms with Crippen molar-refractivity contribution in [3.63, 3.8) is 0 Å². The van der Waals surface area contributed by atoms with Crippen molar-refractivity contribution in [2.24, 2.45) is 0 Å². The van der Waals surface area contributed by atoms with Crippen LogP contribution in [0, 0.1) is 0 Å². The minimum atomic E-state index is -1.21. The van der Waals surface area contributed by atoms with Crippen molar-refractivity contribution < 1.29 is 33.4 Å². The monoisotopic (exact) mass is 619 g/mol. The van der Waals surface area contributed by atoms with E-state index < -0.39 is 35.8 Å². The van der Waals surface area contributed by atoms with Crippen LogP contribution < -0.4 is 15.4 Å². The molecule has 1 unspecified atom stereocenters. The third-order valence-electron chi connectivity index (χ3n) is 7.60. The van der Waals surface area contributed by atoms with Gasteiger partial charge in [0, 0.05) is 30.8 Å². The number of aromatic nitrogens is 1. The molecule has 2 N–H and O–H groups in total. The summed E-state index contributed by atoms with van der Waals surface area (Å²) in [6.07, 6.45) is 0.272. The summed E-state index contributed by atoms with van der Waals surface area (Å²) in [6, 6.07) is 12.7. The second-order valence-corrected chi connectivity index (χ2v) is 11.2. The minimum Gasteiger partial charge on any atom is -0.484 e. The average Bonchev–Trinajstić information content (AvgIpc) is 3.64. The Morgan fingerprint density at radius 2 is 1.80 bits per heavy atom. The van der Waals surface area contributed by atoms with Gasteiger partial charge >= 0.3 is 6.03 Å². The maximum absolute atomic E-state index is 13.8. The predicted octanol–water partition coefficient (Wildman–Crippen LogP) is 3.38. The molecule has 2 aromatic carbocycles. The van der Waals surface area contributed by atoms with Gasteiger partial charge in [0.25, 0.3) is 11.8 Å². The fourth-order valence-corrected chi connectivity index (χ4v) is 5.83. The second-order valence-electron chi connectivity index (χ2n) is 10.4. The van der Waals surface area contributed by atoms with Gasteiger partial charge in [0.1, 0.15) is 23.5 Å². The van der Waals surface area contributed by atoms with Gasteiger partial charge in [-0.05, 0) is 23.3 Å². The molecule has 0 spiro atoms. The largest absolute Gasteiger partial charge is 0.484 e. The Bertz CT molecular complexity index is 1520. The number of benzene rings is 2. The molecule has 13 heteroatoms. The van der Waals surface area contributed by atoms with Gasteiger partial charge in [0.2, 0.25) is 5.91 Å². The van der Waals surface area contributed by atoms with Crippen molar-refractivity contribution in [2.45, 2.75) is 38.3 Å². The van der Waals surface area contributed by atoms with Gasteiger partial charge in [0.15, 0.2) is 17.5 Å². The summed E-state index contributed by atoms with van der Waals surface area (Å²) in [5.41, 5.74) is 1.49. The maximum atomic E-state index is 13.8. The van der Waals surface area contributed by atoms with E-state index in [4.69, 9.17) is 9.47 Å². The van der Waals surface area contributed by atoms with Crippen LogP contribution in [0.25, 0.3) is 0 Å². The minimum absolute atomic E-state index is 0.131. The summed E-state index contributed by atoms with van der Waals surface area (Å²) in [6.45, 7) is 5.39. The highest BCUT2D eigenvalue weighted by Crippen LogP contribution is 2.32. The number of carbonyl (C=O) groups excluding carboxylic acids is 5. The number of ketones is 1. The van der Waals surface area contributed by atoms with Crippen molar-refractivity contribution in [3.05, 3.63) is 76.8 Å². The highest BCUT2D eigenvalue weighted by Gasteiger charge is 2.47. The van der Waals surface area contributed by atoms with E-state index in [1.807, 2.05) is 30.3 Å². The zero-order valence-electron chi connectivity index (χ0n) is 24.4. The molecule has 5 amide bonds. The number of carbonyl (C=O) groups is 5. The van der Waals surface area contributed by atoms with Crippen LogP contribution >= 0.6 is 11.3 Å². The van der Waals surface area contributed by atoms with Crippen LogP contribution in [0.2, 0.25) is 0 Å². The lowest BCUT2D eigenvalue weighted by Gasteiger charge is -2.29. The second kappa shape index (κ2) is 13.8. The number of imide groups is 1. The molecule has 3 heterocycles. The Morgan fingerprint density at radius 1 is 1.09 bits per heavy atom. The standard InChI is InChI=1S/C31H33N5O7S/c1-3-24(37)23-18-44-30(32-23)34-28(39)27(19(2)20-7-5-4-6-8-20)36-29(40)26(33-31(36)41)21-9-11-22(12-10-21)43-17-25(38)35-13-15-42-16-14-35/h4-12,18-19,26-27H,3,13-17H2,1-2H3,(H,33,41)(H,32,34,39)/t19-,26?,27-/m0/s1. The SMILES string of the molecule is CCC(=O)c1csc(NC(=O)[C@H]([C@@H](C)c2ccccc2)N2C(=O)NC(c3ccc(OCC(=O)N4CCOCC4)cc3)C2=O)n1. The molecular formula is C31H33N5O7S. The fourth-order valence-electron chi connectivity index (χ4n) is 5.12. The molecule has 2 saturated heterocycles. The number of nitrogens with one attached hydrogen (secondary N) is 2. The van der Waals surface area contributed by atoms with Gasteiger partial charge < -0.3 is 25.0 Å². The van der Waals surface area contributed by atoms with Gasteiger partial charge in [0.05, 0.1) is 13.2 Å². The molecule has 230 valence electrons. The van der Waals surface area contributed by atoms with E-state index in [0.717, 1.165) is 21.8 Å². The molecule has 3 aromatic rings. The number of hydrogen-bond donors (Lipinski definition) is 2. The summed E-state index contributed by atoms with van der Waals surface area (Å²) in [5.74, 6) is -1.63. The van der Waals surface area contributed by atoms with Crippen LogP contribution in [-0.2, 0) is 19.1 Å². The van der Waals surface area contributed by atoms with E-state index in [-0.39, 0.29) is 35.5 Å². The molecule has 0 saturated carbocycles. The lowest BCUT2D eigenvalue weighted by Crippen LogP contribution is -2.50. The first-order valence-electron chi connectivity index (χ1n) is 14.3. The number of morpholine rings is 1. The lowest BCUT2D eigenvalue weighted by molar-refractivity contribution is -0.137. The molecule has 0 radical (unpaired) electrons. The van der Waals surface area contributed by atoms with Crippen molar-refractivity contribution in [1.82, 2.24) is 20.1 Å². The first-order chi connectivity index (χ1) is 21.3. The van der Waals surface area contributed by atoms with E-state index in [1.165, 1.54) is 0 Å². The van der Waals surface area contributed by atoms with Crippen LogP contribution in [0.1, 0.15) is 53.8 Å². The first kappa shape index (κ1) is 30.8. The van der Waals surface area contributed by atoms with Crippen molar-refractivity contribution >= 4 is 46.0 Å². The van der Waals surface area contributed by atoms with E-state index in [0.29, 0.717) is 37.6 Å². The number of Topliss-reactive ketones (excluding diaryl/α,β-unsaturated/α-hetero) is 1. The summed E-state index contributed by atoms with van der Waals surface area (Å²) < 4.78 is 10.9. The third-order valence-corrected chi connectivity index (χ3v) is 8.36. The Balaban J connectivity index is 1.32. The Kier molecular flexibility index (Phi) is 9.65. The number of anilines is 1. The molecule has 0 aliphatic carbocycles. The quantitative estimate of drug-likeness (QED) is 0.245. The smallest absolute Gasteiger partial charge is 0.325 e. The van der Waals surface area contributed by atoms with Crippen molar-refractivity contribution in [3.8, 4) is 5.75 Å². The number of hydrogen-bond acceptors (Lipinski definition) is 9. The molecule has 1 aromatic heterocycles. The number of thiazole rings is 1. The number of rotatable bonds is 11. The Labute approximate surface area is 258 Å². The zero-order valence-corrected chi connectivity index (χ0v) is 25.2. The molecule has 5 rings (SSSR count). The Hall–Kier alpha value is -4.62. The van der Waals surface area contributed by atoms with Crippen molar-refractivity contribution in [2.75, 3.05) is 38.2 Å². The predicted molar refractivity (Wildman–Crippen MR) is 161 cm³/mol. The molecule has 12 nitrogen and oxygen atoms in total. The number of amides is 5. The van der Waals surface area contributed by atoms with Gasteiger partial charge in [-0.25, -0.2) is 14.7 Å². The topological polar surface area (TPSA) is 147 Å². The van der Waals surface area contributed by atoms with E-state index in [2.05, 4.69) is 15.6 Å². The van der Waals surface area contributed by atoms with Gasteiger partial charge in [-0.1, -0.05) is 56.3 Å². The summed E-state index contributed by atoms with van der Waals surface area (Å²) in [4.78, 5) is 72.1. The van der Waals surface area contributed by atoms with Crippen LogP contribution in [0.5, 0.6) is 5.75 Å². The van der Waals surface area contributed by atoms with Crippen LogP contribution in [0.15, 0.2) is 60.0 Å². The van der Waals surface area contributed by atoms with Crippen LogP contribution in [0.3, 0.4) is 0 Å². The normalized spacial score (nSPS) is 18.0.